The third kappa shape index (κ3) is 2.03. The van der Waals surface area contributed by atoms with E-state index in [0.29, 0.717) is 6.42 Å². The molecule has 0 fully saturated rings. The normalized spacial score (nSPS) is 20.0. The van der Waals surface area contributed by atoms with Crippen LogP contribution in [0.5, 0.6) is 0 Å². The lowest BCUT2D eigenvalue weighted by atomic mass is 10.2. The van der Waals surface area contributed by atoms with Crippen molar-refractivity contribution in [1.82, 2.24) is 0 Å². The minimum atomic E-state index is 0.204. The summed E-state index contributed by atoms with van der Waals surface area (Å²) in [5.41, 5.74) is 2.08. The number of benzene rings is 1. The second-order valence-corrected chi connectivity index (χ2v) is 4.31. The van der Waals surface area contributed by atoms with Gasteiger partial charge in [0.25, 0.3) is 0 Å². The molecule has 1 amide bonds. The van der Waals surface area contributed by atoms with E-state index in [1.807, 2.05) is 36.1 Å². The number of hydrogen-bond donors (Lipinski definition) is 1. The molecular formula is C13H18N2O. The van der Waals surface area contributed by atoms with Gasteiger partial charge in [-0.3, -0.25) is 4.79 Å². The van der Waals surface area contributed by atoms with E-state index in [1.54, 1.807) is 0 Å². The van der Waals surface area contributed by atoms with Gasteiger partial charge in [0.15, 0.2) is 0 Å². The summed E-state index contributed by atoms with van der Waals surface area (Å²) in [4.78, 5) is 14.0. The number of rotatable bonds is 2. The molecular weight excluding hydrogens is 200 g/mol. The molecule has 86 valence electrons. The van der Waals surface area contributed by atoms with Gasteiger partial charge in [-0.25, -0.2) is 0 Å². The third-order valence-electron chi connectivity index (χ3n) is 2.83. The maximum Gasteiger partial charge on any atom is 0.229 e. The second-order valence-electron chi connectivity index (χ2n) is 4.31. The molecule has 0 radical (unpaired) electrons. The zero-order valence-corrected chi connectivity index (χ0v) is 9.86. The molecule has 0 saturated heterocycles. The van der Waals surface area contributed by atoms with Gasteiger partial charge in [0.1, 0.15) is 0 Å². The Labute approximate surface area is 96.5 Å². The highest BCUT2D eigenvalue weighted by molar-refractivity contribution is 5.98. The van der Waals surface area contributed by atoms with Crippen molar-refractivity contribution >= 4 is 17.3 Å². The molecule has 1 aromatic carbocycles. The first-order valence-corrected chi connectivity index (χ1v) is 5.88. The maximum atomic E-state index is 12.1. The molecule has 0 spiro atoms. The second kappa shape index (κ2) is 4.56. The number of anilines is 2. The van der Waals surface area contributed by atoms with E-state index in [2.05, 4.69) is 12.2 Å². The van der Waals surface area contributed by atoms with Crippen molar-refractivity contribution in [3.05, 3.63) is 24.3 Å². The number of amides is 1. The van der Waals surface area contributed by atoms with E-state index in [-0.39, 0.29) is 11.9 Å². The van der Waals surface area contributed by atoms with Gasteiger partial charge in [-0.05, 0) is 25.5 Å². The first-order valence-electron chi connectivity index (χ1n) is 5.88. The summed E-state index contributed by atoms with van der Waals surface area (Å²) in [5, 5.41) is 3.38. The van der Waals surface area contributed by atoms with E-state index >= 15 is 0 Å². The first-order chi connectivity index (χ1) is 7.72. The van der Waals surface area contributed by atoms with Gasteiger partial charge in [-0.15, -0.1) is 0 Å². The maximum absolute atomic E-state index is 12.1. The van der Waals surface area contributed by atoms with Crippen molar-refractivity contribution in [2.24, 2.45) is 0 Å². The topological polar surface area (TPSA) is 32.3 Å². The summed E-state index contributed by atoms with van der Waals surface area (Å²) in [6.45, 7) is 4.94. The van der Waals surface area contributed by atoms with Crippen molar-refractivity contribution in [1.29, 1.82) is 0 Å². The molecule has 2 rings (SSSR count). The van der Waals surface area contributed by atoms with E-state index in [4.69, 9.17) is 0 Å². The monoisotopic (exact) mass is 218 g/mol. The van der Waals surface area contributed by atoms with Crippen LogP contribution < -0.4 is 10.2 Å². The number of fused-ring (bicyclic) bond motifs is 1. The summed E-state index contributed by atoms with van der Waals surface area (Å²) in [7, 11) is 0. The number of nitrogens with one attached hydrogen (secondary N) is 1. The molecule has 0 unspecified atom stereocenters. The van der Waals surface area contributed by atoms with E-state index in [1.165, 1.54) is 0 Å². The van der Waals surface area contributed by atoms with Crippen LogP contribution in [0.3, 0.4) is 0 Å². The van der Waals surface area contributed by atoms with Gasteiger partial charge >= 0.3 is 0 Å². The van der Waals surface area contributed by atoms with E-state index in [0.717, 1.165) is 24.3 Å². The van der Waals surface area contributed by atoms with Gasteiger partial charge < -0.3 is 10.2 Å². The minimum absolute atomic E-state index is 0.204. The largest absolute Gasteiger partial charge is 0.380 e. The molecule has 16 heavy (non-hydrogen) atoms. The Balaban J connectivity index is 2.40. The van der Waals surface area contributed by atoms with Crippen molar-refractivity contribution in [2.45, 2.75) is 32.7 Å². The van der Waals surface area contributed by atoms with E-state index < -0.39 is 0 Å². The molecule has 0 saturated carbocycles. The smallest absolute Gasteiger partial charge is 0.229 e. The zero-order chi connectivity index (χ0) is 11.5. The SMILES string of the molecule is CCCN1C(=O)C[C@@H](C)Nc2ccccc21. The molecule has 1 aromatic rings. The standard InChI is InChI=1S/C13H18N2O/c1-3-8-15-12-7-5-4-6-11(12)14-10(2)9-13(15)16/h4-7,10,14H,3,8-9H2,1-2H3/t10-/m1/s1. The van der Waals surface area contributed by atoms with Crippen molar-refractivity contribution < 1.29 is 4.79 Å². The van der Waals surface area contributed by atoms with Gasteiger partial charge in [-0.2, -0.15) is 0 Å². The fourth-order valence-corrected chi connectivity index (χ4v) is 2.12. The summed E-state index contributed by atoms with van der Waals surface area (Å²) >= 11 is 0. The van der Waals surface area contributed by atoms with Crippen LogP contribution in [-0.4, -0.2) is 18.5 Å². The fraction of sp³-hybridized carbons (Fsp3) is 0.462. The Hall–Kier alpha value is -1.51. The van der Waals surface area contributed by atoms with Gasteiger partial charge in [0.2, 0.25) is 5.91 Å². The Bertz CT molecular complexity index is 389. The number of para-hydroxylation sites is 2. The van der Waals surface area contributed by atoms with Gasteiger partial charge in [0.05, 0.1) is 11.4 Å². The lowest BCUT2D eigenvalue weighted by Gasteiger charge is -2.21. The van der Waals surface area contributed by atoms with Crippen LogP contribution in [0, 0.1) is 0 Å². The Morgan fingerprint density at radius 2 is 2.19 bits per heavy atom. The average molecular weight is 218 g/mol. The molecule has 1 aliphatic rings. The Kier molecular flexibility index (Phi) is 3.13. The van der Waals surface area contributed by atoms with Crippen molar-refractivity contribution in [3.63, 3.8) is 0 Å². The fourth-order valence-electron chi connectivity index (χ4n) is 2.12. The molecule has 1 heterocycles. The van der Waals surface area contributed by atoms with Crippen LogP contribution in [0.4, 0.5) is 11.4 Å². The highest BCUT2D eigenvalue weighted by Crippen LogP contribution is 2.30. The third-order valence-corrected chi connectivity index (χ3v) is 2.83. The number of carbonyl (C=O) groups is 1. The predicted molar refractivity (Wildman–Crippen MR) is 66.8 cm³/mol. The van der Waals surface area contributed by atoms with Crippen molar-refractivity contribution in [2.75, 3.05) is 16.8 Å². The predicted octanol–water partition coefficient (Wildman–Crippen LogP) is 2.63. The molecule has 3 nitrogen and oxygen atoms in total. The summed E-state index contributed by atoms with van der Waals surface area (Å²) < 4.78 is 0. The quantitative estimate of drug-likeness (QED) is 0.827. The average Bonchev–Trinajstić information content (AvgIpc) is 2.37. The number of carbonyl (C=O) groups excluding carboxylic acids is 1. The molecule has 1 atom stereocenters. The summed E-state index contributed by atoms with van der Waals surface area (Å²) in [5.74, 6) is 0.215. The molecule has 0 aliphatic carbocycles. The minimum Gasteiger partial charge on any atom is -0.380 e. The van der Waals surface area contributed by atoms with E-state index in [9.17, 15) is 4.79 Å². The van der Waals surface area contributed by atoms with Gasteiger partial charge in [0, 0.05) is 19.0 Å². The molecule has 0 bridgehead atoms. The first kappa shape index (κ1) is 11.0. The highest BCUT2D eigenvalue weighted by atomic mass is 16.2. The molecule has 0 aromatic heterocycles. The van der Waals surface area contributed by atoms with Crippen LogP contribution in [0.2, 0.25) is 0 Å². The van der Waals surface area contributed by atoms with Crippen LogP contribution in [0.15, 0.2) is 24.3 Å². The van der Waals surface area contributed by atoms with Crippen LogP contribution in [0.25, 0.3) is 0 Å². The summed E-state index contributed by atoms with van der Waals surface area (Å²) in [6.07, 6.45) is 1.54. The van der Waals surface area contributed by atoms with Crippen molar-refractivity contribution in [3.8, 4) is 0 Å². The molecule has 3 heteroatoms. The van der Waals surface area contributed by atoms with Gasteiger partial charge in [-0.1, -0.05) is 19.1 Å². The summed E-state index contributed by atoms with van der Waals surface area (Å²) in [6, 6.07) is 8.22. The Morgan fingerprint density at radius 3 is 2.94 bits per heavy atom. The number of hydrogen-bond acceptors (Lipinski definition) is 2. The molecule has 1 N–H and O–H groups in total. The van der Waals surface area contributed by atoms with Crippen LogP contribution in [0.1, 0.15) is 26.7 Å². The Morgan fingerprint density at radius 1 is 1.44 bits per heavy atom. The lowest BCUT2D eigenvalue weighted by molar-refractivity contribution is -0.118. The zero-order valence-electron chi connectivity index (χ0n) is 9.86. The van der Waals surface area contributed by atoms with Crippen LogP contribution in [-0.2, 0) is 4.79 Å². The highest BCUT2D eigenvalue weighted by Gasteiger charge is 2.23. The lowest BCUT2D eigenvalue weighted by Crippen LogP contribution is -2.32. The van der Waals surface area contributed by atoms with Crippen LogP contribution >= 0.6 is 0 Å². The number of nitrogens with zero attached hydrogens (tertiary/aromatic N) is 1. The molecule has 1 aliphatic heterocycles.